The van der Waals surface area contributed by atoms with Crippen molar-refractivity contribution in [1.82, 2.24) is 19.4 Å². The number of amides is 2. The van der Waals surface area contributed by atoms with Crippen molar-refractivity contribution in [3.05, 3.63) is 76.2 Å². The number of pyridine rings is 1. The quantitative estimate of drug-likeness (QED) is 0.261. The maximum atomic E-state index is 15.3. The molecule has 1 fully saturated rings. The zero-order valence-corrected chi connectivity index (χ0v) is 27.2. The van der Waals surface area contributed by atoms with Crippen LogP contribution in [0, 0.1) is 5.82 Å². The van der Waals surface area contributed by atoms with Crippen LogP contribution in [0.1, 0.15) is 34.1 Å². The lowest BCUT2D eigenvalue weighted by Gasteiger charge is -2.23. The van der Waals surface area contributed by atoms with Crippen molar-refractivity contribution in [2.45, 2.75) is 45.8 Å². The largest absolute Gasteiger partial charge is 0.495 e. The molecule has 0 spiro atoms. The number of alkyl carbamates (subject to hydrolysis) is 1. The zero-order chi connectivity index (χ0) is 33.3. The number of hydrogen-bond donors (Lipinski definition) is 2. The molecule has 2 N–H and O–H groups in total. The Morgan fingerprint density at radius 2 is 1.78 bits per heavy atom. The first-order valence-corrected chi connectivity index (χ1v) is 15.1. The Bertz CT molecular complexity index is 1860. The molecule has 2 aromatic carbocycles. The van der Waals surface area contributed by atoms with Gasteiger partial charge < -0.3 is 29.6 Å². The molecule has 13 heteroatoms. The van der Waals surface area contributed by atoms with E-state index in [0.717, 1.165) is 0 Å². The number of nitrogens with zero attached hydrogens (tertiary/aromatic N) is 4. The Morgan fingerprint density at radius 1 is 1.07 bits per heavy atom. The highest BCUT2D eigenvalue weighted by atomic mass is 35.5. The van der Waals surface area contributed by atoms with Crippen LogP contribution in [0.4, 0.5) is 20.8 Å². The maximum absolute atomic E-state index is 15.3. The van der Waals surface area contributed by atoms with Gasteiger partial charge in [0.15, 0.2) is 0 Å². The number of nitrogens with one attached hydrogen (secondary N) is 2. The summed E-state index contributed by atoms with van der Waals surface area (Å²) in [5.74, 6) is 0.340. The van der Waals surface area contributed by atoms with Crippen molar-refractivity contribution >= 4 is 35.2 Å². The van der Waals surface area contributed by atoms with Gasteiger partial charge in [-0.2, -0.15) is 0 Å². The first kappa shape index (κ1) is 32.6. The molecule has 1 aliphatic rings. The molecule has 0 aliphatic carbocycles. The maximum Gasteiger partial charge on any atom is 0.407 e. The van der Waals surface area contributed by atoms with E-state index in [-0.39, 0.29) is 23.5 Å². The van der Waals surface area contributed by atoms with Gasteiger partial charge in [-0.1, -0.05) is 17.7 Å². The number of carbonyl (C=O) groups excluding carboxylic acids is 2. The number of rotatable bonds is 7. The van der Waals surface area contributed by atoms with Crippen LogP contribution in [0.3, 0.4) is 0 Å². The standard InChI is InChI=1S/C33H36ClFN6O5/c1-19(42)36-28-14-21(15-29(38-28)40-10-9-23(18-40)37-31(43)46-33(2,3)4)25-17-22(35)16-24(30(25)45-6)20-7-8-27(26(34)13-20)41-12-11-39(5)32(41)44/h7-8,11-17,23H,9-10,18H2,1-6H3,(H,37,43)(H,36,38,42)/t23-/m0/s1. The van der Waals surface area contributed by atoms with E-state index >= 15 is 4.39 Å². The van der Waals surface area contributed by atoms with Gasteiger partial charge in [-0.15, -0.1) is 0 Å². The third kappa shape index (κ3) is 7.17. The van der Waals surface area contributed by atoms with E-state index in [1.54, 1.807) is 70.5 Å². The summed E-state index contributed by atoms with van der Waals surface area (Å²) in [6.07, 6.45) is 3.40. The summed E-state index contributed by atoms with van der Waals surface area (Å²) in [4.78, 5) is 43.5. The van der Waals surface area contributed by atoms with Crippen LogP contribution in [0.5, 0.6) is 5.75 Å². The number of carbonyl (C=O) groups is 2. The van der Waals surface area contributed by atoms with Crippen molar-refractivity contribution in [1.29, 1.82) is 0 Å². The molecule has 1 aliphatic heterocycles. The number of aromatic nitrogens is 3. The molecule has 2 aromatic heterocycles. The van der Waals surface area contributed by atoms with Crippen molar-refractivity contribution in [2.75, 3.05) is 30.4 Å². The predicted octanol–water partition coefficient (Wildman–Crippen LogP) is 5.77. The molecule has 242 valence electrons. The number of ether oxygens (including phenoxy) is 2. The minimum Gasteiger partial charge on any atom is -0.495 e. The van der Waals surface area contributed by atoms with Crippen LogP contribution < -0.4 is 26.0 Å². The van der Waals surface area contributed by atoms with Crippen molar-refractivity contribution in [3.63, 3.8) is 0 Å². The lowest BCUT2D eigenvalue weighted by molar-refractivity contribution is -0.114. The van der Waals surface area contributed by atoms with Crippen LogP contribution in [-0.2, 0) is 16.6 Å². The van der Waals surface area contributed by atoms with Crippen molar-refractivity contribution in [2.24, 2.45) is 7.05 Å². The normalized spacial score (nSPS) is 14.7. The smallest absolute Gasteiger partial charge is 0.407 e. The summed E-state index contributed by atoms with van der Waals surface area (Å²) in [6.45, 7) is 7.82. The highest BCUT2D eigenvalue weighted by Crippen LogP contribution is 2.42. The molecule has 2 amide bonds. The van der Waals surface area contributed by atoms with E-state index in [1.165, 1.54) is 35.3 Å². The molecule has 4 aromatic rings. The van der Waals surface area contributed by atoms with Gasteiger partial charge in [0.2, 0.25) is 5.91 Å². The van der Waals surface area contributed by atoms with Gasteiger partial charge in [-0.05, 0) is 74.7 Å². The molecular formula is C33H36ClFN6O5. The molecule has 11 nitrogen and oxygen atoms in total. The van der Waals surface area contributed by atoms with Gasteiger partial charge in [0.05, 0.1) is 23.9 Å². The van der Waals surface area contributed by atoms with E-state index in [0.29, 0.717) is 64.0 Å². The van der Waals surface area contributed by atoms with Crippen LogP contribution in [0.25, 0.3) is 27.9 Å². The minimum absolute atomic E-state index is 0.181. The monoisotopic (exact) mass is 650 g/mol. The summed E-state index contributed by atoms with van der Waals surface area (Å²) < 4.78 is 29.4. The Morgan fingerprint density at radius 3 is 2.39 bits per heavy atom. The van der Waals surface area contributed by atoms with Crippen LogP contribution in [-0.4, -0.2) is 58.0 Å². The van der Waals surface area contributed by atoms with E-state index in [4.69, 9.17) is 21.1 Å². The second kappa shape index (κ2) is 12.9. The second-order valence-corrected chi connectivity index (χ2v) is 12.5. The fourth-order valence-electron chi connectivity index (χ4n) is 5.40. The molecule has 0 radical (unpaired) electrons. The Kier molecular flexibility index (Phi) is 9.11. The van der Waals surface area contributed by atoms with Crippen molar-refractivity contribution in [3.8, 4) is 33.7 Å². The van der Waals surface area contributed by atoms with Crippen LogP contribution in [0.2, 0.25) is 5.02 Å². The van der Waals surface area contributed by atoms with Crippen LogP contribution >= 0.6 is 11.6 Å². The Hall–Kier alpha value is -4.84. The highest BCUT2D eigenvalue weighted by molar-refractivity contribution is 6.32. The number of anilines is 2. The summed E-state index contributed by atoms with van der Waals surface area (Å²) in [5, 5.41) is 5.93. The minimum atomic E-state index is -0.622. The zero-order valence-electron chi connectivity index (χ0n) is 26.5. The summed E-state index contributed by atoms with van der Waals surface area (Å²) in [5.41, 5.74) is 1.59. The molecule has 1 atom stereocenters. The second-order valence-electron chi connectivity index (χ2n) is 12.1. The number of halogens is 2. The summed E-state index contributed by atoms with van der Waals surface area (Å²) >= 11 is 6.63. The van der Waals surface area contributed by atoms with E-state index in [1.807, 2.05) is 4.90 Å². The third-order valence-electron chi connectivity index (χ3n) is 7.38. The number of benzene rings is 2. The third-order valence-corrected chi connectivity index (χ3v) is 7.69. The Labute approximate surface area is 270 Å². The number of imidazole rings is 1. The first-order valence-electron chi connectivity index (χ1n) is 14.7. The molecule has 1 saturated heterocycles. The molecule has 0 unspecified atom stereocenters. The van der Waals surface area contributed by atoms with Gasteiger partial charge in [0, 0.05) is 50.6 Å². The number of methoxy groups -OCH3 is 1. The average molecular weight is 651 g/mol. The molecule has 0 bridgehead atoms. The predicted molar refractivity (Wildman–Crippen MR) is 175 cm³/mol. The Balaban J connectivity index is 1.52. The molecule has 5 rings (SSSR count). The van der Waals surface area contributed by atoms with Gasteiger partial charge in [0.1, 0.15) is 28.8 Å². The molecule has 3 heterocycles. The van der Waals surface area contributed by atoms with Gasteiger partial charge in [-0.3, -0.25) is 9.36 Å². The number of aryl methyl sites for hydroxylation is 1. The lowest BCUT2D eigenvalue weighted by Crippen LogP contribution is -2.40. The SMILES string of the molecule is COc1c(-c2cc(NC(C)=O)nc(N3CC[C@H](NC(=O)OC(C)(C)C)C3)c2)cc(F)cc1-c1ccc(-n2ccn(C)c2=O)c(Cl)c1. The van der Waals surface area contributed by atoms with E-state index in [2.05, 4.69) is 15.6 Å². The fraction of sp³-hybridized carbons (Fsp3) is 0.333. The van der Waals surface area contributed by atoms with Gasteiger partial charge in [-0.25, -0.2) is 19.0 Å². The van der Waals surface area contributed by atoms with Gasteiger partial charge in [0.25, 0.3) is 0 Å². The van der Waals surface area contributed by atoms with Crippen LogP contribution in [0.15, 0.2) is 59.7 Å². The summed E-state index contributed by atoms with van der Waals surface area (Å²) in [6, 6.07) is 11.1. The molecule has 46 heavy (non-hydrogen) atoms. The topological polar surface area (TPSA) is 120 Å². The fourth-order valence-corrected chi connectivity index (χ4v) is 5.67. The highest BCUT2D eigenvalue weighted by Gasteiger charge is 2.28. The van der Waals surface area contributed by atoms with E-state index in [9.17, 15) is 14.4 Å². The van der Waals surface area contributed by atoms with Gasteiger partial charge >= 0.3 is 11.8 Å². The van der Waals surface area contributed by atoms with E-state index < -0.39 is 17.5 Å². The number of hydrogen-bond acceptors (Lipinski definition) is 7. The lowest BCUT2D eigenvalue weighted by atomic mass is 9.96. The molecular weight excluding hydrogens is 615 g/mol. The molecule has 0 saturated carbocycles. The summed E-state index contributed by atoms with van der Waals surface area (Å²) in [7, 11) is 3.13. The first-order chi connectivity index (χ1) is 21.7. The average Bonchev–Trinajstić information content (AvgIpc) is 3.57. The van der Waals surface area contributed by atoms with Crippen molar-refractivity contribution < 1.29 is 23.5 Å².